The monoisotopic (exact) mass is 193 g/mol. The molecule has 0 unspecified atom stereocenters. The molecule has 1 aromatic heterocycles. The molecule has 0 saturated heterocycles. The Hall–Kier alpha value is -1.32. The van der Waals surface area contributed by atoms with Crippen LogP contribution in [-0.2, 0) is 0 Å². The van der Waals surface area contributed by atoms with Gasteiger partial charge in [0, 0.05) is 12.6 Å². The predicted octanol–water partition coefficient (Wildman–Crippen LogP) is 1.37. The number of anilines is 1. The highest BCUT2D eigenvalue weighted by atomic mass is 16.1. The van der Waals surface area contributed by atoms with Gasteiger partial charge in [0.1, 0.15) is 0 Å². The Morgan fingerprint density at radius 2 is 2.43 bits per heavy atom. The molecule has 1 heterocycles. The van der Waals surface area contributed by atoms with Crippen molar-refractivity contribution in [2.45, 2.75) is 25.7 Å². The summed E-state index contributed by atoms with van der Waals surface area (Å²) in [5.41, 5.74) is 0.654. The first-order chi connectivity index (χ1) is 6.84. The fraction of sp³-hybridized carbons (Fsp3) is 0.600. The zero-order valence-corrected chi connectivity index (χ0v) is 8.12. The first-order valence-corrected chi connectivity index (χ1v) is 5.13. The zero-order valence-electron chi connectivity index (χ0n) is 8.12. The van der Waals surface area contributed by atoms with Gasteiger partial charge in [-0.15, -0.1) is 0 Å². The third-order valence-electron chi connectivity index (χ3n) is 2.48. The lowest BCUT2D eigenvalue weighted by Crippen LogP contribution is -2.09. The summed E-state index contributed by atoms with van der Waals surface area (Å²) in [6.45, 7) is 0.932. The Labute approximate surface area is 82.7 Å². The van der Waals surface area contributed by atoms with Crippen LogP contribution in [0.1, 0.15) is 25.7 Å². The van der Waals surface area contributed by atoms with E-state index in [4.69, 9.17) is 0 Å². The number of rotatable bonds is 5. The van der Waals surface area contributed by atoms with Crippen LogP contribution in [0, 0.1) is 5.92 Å². The number of aromatic nitrogens is 2. The molecule has 0 bridgehead atoms. The van der Waals surface area contributed by atoms with Crippen LogP contribution in [0.3, 0.4) is 0 Å². The second kappa shape index (κ2) is 4.26. The summed E-state index contributed by atoms with van der Waals surface area (Å²) in [6.07, 6.45) is 6.94. The quantitative estimate of drug-likeness (QED) is 0.694. The number of aromatic amines is 1. The second-order valence-corrected chi connectivity index (χ2v) is 3.85. The molecule has 0 aliphatic heterocycles. The summed E-state index contributed by atoms with van der Waals surface area (Å²) in [5.74, 6) is 0.981. The molecule has 4 nitrogen and oxygen atoms in total. The Bertz CT molecular complexity index is 343. The smallest absolute Gasteiger partial charge is 0.266 e. The number of hydrogen-bond acceptors (Lipinski definition) is 3. The molecular formula is C10H15N3O. The first kappa shape index (κ1) is 9.24. The Morgan fingerprint density at radius 3 is 3.14 bits per heavy atom. The van der Waals surface area contributed by atoms with Gasteiger partial charge < -0.3 is 5.32 Å². The van der Waals surface area contributed by atoms with Gasteiger partial charge in [0.15, 0.2) is 0 Å². The fourth-order valence-corrected chi connectivity index (χ4v) is 1.50. The van der Waals surface area contributed by atoms with Crippen LogP contribution < -0.4 is 10.9 Å². The van der Waals surface area contributed by atoms with E-state index >= 15 is 0 Å². The van der Waals surface area contributed by atoms with E-state index in [-0.39, 0.29) is 5.56 Å². The Kier molecular flexibility index (Phi) is 2.81. The van der Waals surface area contributed by atoms with Crippen molar-refractivity contribution in [3.63, 3.8) is 0 Å². The molecule has 2 rings (SSSR count). The number of H-pyrrole nitrogens is 1. The maximum atomic E-state index is 10.9. The summed E-state index contributed by atoms with van der Waals surface area (Å²) >= 11 is 0. The fourth-order valence-electron chi connectivity index (χ4n) is 1.50. The predicted molar refractivity (Wildman–Crippen MR) is 55.3 cm³/mol. The molecule has 1 fully saturated rings. The number of nitrogens with zero attached hydrogens (tertiary/aromatic N) is 1. The van der Waals surface area contributed by atoms with E-state index in [0.29, 0.717) is 0 Å². The van der Waals surface area contributed by atoms with Gasteiger partial charge in [-0.1, -0.05) is 12.8 Å². The van der Waals surface area contributed by atoms with Gasteiger partial charge in [-0.25, -0.2) is 5.10 Å². The minimum atomic E-state index is -0.155. The maximum absolute atomic E-state index is 10.9. The first-order valence-electron chi connectivity index (χ1n) is 5.13. The molecule has 4 heteroatoms. The molecule has 1 aromatic rings. The number of nitrogens with one attached hydrogen (secondary N) is 2. The maximum Gasteiger partial charge on any atom is 0.266 e. The molecule has 2 N–H and O–H groups in total. The minimum Gasteiger partial charge on any atom is -0.384 e. The van der Waals surface area contributed by atoms with E-state index in [2.05, 4.69) is 15.5 Å². The van der Waals surface area contributed by atoms with Crippen LogP contribution in [0.2, 0.25) is 0 Å². The van der Waals surface area contributed by atoms with E-state index < -0.39 is 0 Å². The largest absolute Gasteiger partial charge is 0.384 e. The average Bonchev–Trinajstić information content (AvgIpc) is 2.96. The van der Waals surface area contributed by atoms with E-state index in [0.717, 1.165) is 18.2 Å². The molecule has 14 heavy (non-hydrogen) atoms. The molecule has 0 amide bonds. The highest BCUT2D eigenvalue weighted by Crippen LogP contribution is 2.33. The third kappa shape index (κ3) is 2.87. The summed E-state index contributed by atoms with van der Waals surface area (Å²) in [5, 5.41) is 9.24. The summed E-state index contributed by atoms with van der Waals surface area (Å²) in [6, 6.07) is 1.53. The van der Waals surface area contributed by atoms with Crippen LogP contribution in [0.15, 0.2) is 17.1 Å². The van der Waals surface area contributed by atoms with Gasteiger partial charge in [0.05, 0.1) is 11.9 Å². The van der Waals surface area contributed by atoms with Gasteiger partial charge in [0.25, 0.3) is 5.56 Å². The van der Waals surface area contributed by atoms with Crippen LogP contribution in [0.5, 0.6) is 0 Å². The van der Waals surface area contributed by atoms with Gasteiger partial charge in [-0.3, -0.25) is 4.79 Å². The van der Waals surface area contributed by atoms with Crippen molar-refractivity contribution >= 4 is 5.69 Å². The standard InChI is InChI=1S/C10H15N3O/c14-10-6-9(7-12-13-10)11-5-1-2-8-3-4-8/h6-8H,1-5H2,(H2,11,13,14). The van der Waals surface area contributed by atoms with Crippen molar-refractivity contribution < 1.29 is 0 Å². The van der Waals surface area contributed by atoms with Crippen molar-refractivity contribution in [1.82, 2.24) is 10.2 Å². The summed E-state index contributed by atoms with van der Waals surface area (Å²) in [4.78, 5) is 10.9. The topological polar surface area (TPSA) is 57.8 Å². The molecule has 0 atom stereocenters. The molecule has 76 valence electrons. The zero-order chi connectivity index (χ0) is 9.80. The van der Waals surface area contributed by atoms with E-state index in [9.17, 15) is 4.79 Å². The Balaban J connectivity index is 1.71. The third-order valence-corrected chi connectivity index (χ3v) is 2.48. The molecule has 0 radical (unpaired) electrons. The van der Waals surface area contributed by atoms with E-state index in [1.165, 1.54) is 31.7 Å². The van der Waals surface area contributed by atoms with Crippen molar-refractivity contribution in [2.75, 3.05) is 11.9 Å². The van der Waals surface area contributed by atoms with Crippen LogP contribution >= 0.6 is 0 Å². The van der Waals surface area contributed by atoms with Gasteiger partial charge >= 0.3 is 0 Å². The van der Waals surface area contributed by atoms with Crippen LogP contribution in [0.25, 0.3) is 0 Å². The highest BCUT2D eigenvalue weighted by Gasteiger charge is 2.19. The SMILES string of the molecule is O=c1cc(NCCCC2CC2)cn[nH]1. The van der Waals surface area contributed by atoms with Gasteiger partial charge in [0.2, 0.25) is 0 Å². The van der Waals surface area contributed by atoms with E-state index in [1.54, 1.807) is 6.20 Å². The molecule has 1 aliphatic carbocycles. The van der Waals surface area contributed by atoms with Crippen molar-refractivity contribution in [3.05, 3.63) is 22.6 Å². The van der Waals surface area contributed by atoms with E-state index in [1.807, 2.05) is 0 Å². The lowest BCUT2D eigenvalue weighted by Gasteiger charge is -2.03. The van der Waals surface area contributed by atoms with Crippen molar-refractivity contribution in [3.8, 4) is 0 Å². The summed E-state index contributed by atoms with van der Waals surface area (Å²) in [7, 11) is 0. The van der Waals surface area contributed by atoms with Crippen LogP contribution in [-0.4, -0.2) is 16.7 Å². The molecule has 1 aliphatic rings. The lowest BCUT2D eigenvalue weighted by molar-refractivity contribution is 0.687. The molecule has 0 aromatic carbocycles. The lowest BCUT2D eigenvalue weighted by atomic mass is 10.2. The molecular weight excluding hydrogens is 178 g/mol. The summed E-state index contributed by atoms with van der Waals surface area (Å²) < 4.78 is 0. The average molecular weight is 193 g/mol. The highest BCUT2D eigenvalue weighted by molar-refractivity contribution is 5.38. The minimum absolute atomic E-state index is 0.155. The normalized spacial score (nSPS) is 15.4. The number of hydrogen-bond donors (Lipinski definition) is 2. The van der Waals surface area contributed by atoms with Gasteiger partial charge in [-0.05, 0) is 18.8 Å². The Morgan fingerprint density at radius 1 is 1.57 bits per heavy atom. The second-order valence-electron chi connectivity index (χ2n) is 3.85. The van der Waals surface area contributed by atoms with Crippen LogP contribution in [0.4, 0.5) is 5.69 Å². The van der Waals surface area contributed by atoms with Crippen molar-refractivity contribution in [2.24, 2.45) is 5.92 Å². The molecule has 1 saturated carbocycles. The molecule has 0 spiro atoms. The van der Waals surface area contributed by atoms with Crippen molar-refractivity contribution in [1.29, 1.82) is 0 Å². The van der Waals surface area contributed by atoms with Gasteiger partial charge in [-0.2, -0.15) is 5.10 Å².